The van der Waals surface area contributed by atoms with E-state index in [1.165, 1.54) is 24.3 Å². The Balaban J connectivity index is 2.23. The standard InChI is InChI=1S/C17H24N4O4/c1-16(2)9-11(18)10-17(3,4)20(16)15(23)14(22)19-12-6-5-7-13(8-12)21(24)25/h5-8,11H,9-10,18H2,1-4H3,(H,19,22). The molecular formula is C17H24N4O4. The number of nitro groups is 1. The first-order chi connectivity index (χ1) is 11.4. The van der Waals surface area contributed by atoms with Crippen LogP contribution in [0.1, 0.15) is 40.5 Å². The van der Waals surface area contributed by atoms with E-state index in [0.717, 1.165) is 0 Å². The minimum Gasteiger partial charge on any atom is -0.328 e. The van der Waals surface area contributed by atoms with Crippen LogP contribution in [-0.4, -0.2) is 38.8 Å². The van der Waals surface area contributed by atoms with E-state index < -0.39 is 27.8 Å². The van der Waals surface area contributed by atoms with Crippen molar-refractivity contribution < 1.29 is 14.5 Å². The van der Waals surface area contributed by atoms with Gasteiger partial charge in [-0.2, -0.15) is 0 Å². The van der Waals surface area contributed by atoms with E-state index >= 15 is 0 Å². The molecule has 0 saturated carbocycles. The number of anilines is 1. The number of benzene rings is 1. The summed E-state index contributed by atoms with van der Waals surface area (Å²) in [5.74, 6) is -1.49. The van der Waals surface area contributed by atoms with Crippen LogP contribution in [0.3, 0.4) is 0 Å². The van der Waals surface area contributed by atoms with Gasteiger partial charge in [0.2, 0.25) is 0 Å². The Bertz CT molecular complexity index is 696. The minimum atomic E-state index is -0.822. The molecule has 1 aliphatic rings. The Kier molecular flexibility index (Phi) is 4.85. The van der Waals surface area contributed by atoms with Crippen molar-refractivity contribution in [3.63, 3.8) is 0 Å². The second-order valence-electron chi connectivity index (χ2n) is 7.70. The van der Waals surface area contributed by atoms with E-state index in [2.05, 4.69) is 5.32 Å². The Morgan fingerprint density at radius 3 is 2.32 bits per heavy atom. The molecule has 136 valence electrons. The van der Waals surface area contributed by atoms with Gasteiger partial charge in [0.05, 0.1) is 4.92 Å². The molecule has 1 heterocycles. The number of hydrogen-bond donors (Lipinski definition) is 2. The van der Waals surface area contributed by atoms with E-state index in [-0.39, 0.29) is 17.4 Å². The summed E-state index contributed by atoms with van der Waals surface area (Å²) >= 11 is 0. The smallest absolute Gasteiger partial charge is 0.313 e. The van der Waals surface area contributed by atoms with Crippen molar-refractivity contribution in [3.05, 3.63) is 34.4 Å². The predicted molar refractivity (Wildman–Crippen MR) is 93.9 cm³/mol. The van der Waals surface area contributed by atoms with Crippen molar-refractivity contribution >= 4 is 23.2 Å². The Morgan fingerprint density at radius 2 is 1.80 bits per heavy atom. The van der Waals surface area contributed by atoms with Gasteiger partial charge in [-0.25, -0.2) is 0 Å². The molecule has 1 saturated heterocycles. The van der Waals surface area contributed by atoms with E-state index in [1.807, 2.05) is 27.7 Å². The maximum absolute atomic E-state index is 12.8. The zero-order valence-corrected chi connectivity index (χ0v) is 14.9. The average Bonchev–Trinajstić information content (AvgIpc) is 2.44. The Hall–Kier alpha value is -2.48. The number of nitrogens with one attached hydrogen (secondary N) is 1. The van der Waals surface area contributed by atoms with Crippen LogP contribution in [0.25, 0.3) is 0 Å². The SMILES string of the molecule is CC1(C)CC(N)CC(C)(C)N1C(=O)C(=O)Nc1cccc([N+](=O)[O-])c1. The number of hydrogen-bond acceptors (Lipinski definition) is 5. The first kappa shape index (κ1) is 18.9. The van der Waals surface area contributed by atoms with Gasteiger partial charge in [-0.3, -0.25) is 19.7 Å². The lowest BCUT2D eigenvalue weighted by Crippen LogP contribution is -2.66. The molecule has 1 fully saturated rings. The number of rotatable bonds is 2. The van der Waals surface area contributed by atoms with Crippen LogP contribution in [0.4, 0.5) is 11.4 Å². The molecule has 25 heavy (non-hydrogen) atoms. The average molecular weight is 348 g/mol. The van der Waals surface area contributed by atoms with Crippen LogP contribution in [-0.2, 0) is 9.59 Å². The maximum atomic E-state index is 12.8. The van der Waals surface area contributed by atoms with Gasteiger partial charge in [-0.05, 0) is 46.6 Å². The highest BCUT2D eigenvalue weighted by molar-refractivity contribution is 6.39. The van der Waals surface area contributed by atoms with Crippen molar-refractivity contribution in [2.75, 3.05) is 5.32 Å². The first-order valence-electron chi connectivity index (χ1n) is 8.10. The third-order valence-corrected chi connectivity index (χ3v) is 4.45. The number of carbonyl (C=O) groups excluding carboxylic acids is 2. The van der Waals surface area contributed by atoms with Crippen molar-refractivity contribution in [2.45, 2.75) is 57.7 Å². The highest BCUT2D eigenvalue weighted by Crippen LogP contribution is 2.37. The molecule has 0 radical (unpaired) electrons. The summed E-state index contributed by atoms with van der Waals surface area (Å²) in [4.78, 5) is 37.1. The van der Waals surface area contributed by atoms with Crippen LogP contribution >= 0.6 is 0 Å². The molecule has 1 aliphatic heterocycles. The molecule has 2 rings (SSSR count). The summed E-state index contributed by atoms with van der Waals surface area (Å²) in [6.07, 6.45) is 1.18. The van der Waals surface area contributed by atoms with E-state index in [9.17, 15) is 19.7 Å². The molecule has 8 heteroatoms. The molecule has 0 atom stereocenters. The fraction of sp³-hybridized carbons (Fsp3) is 0.529. The number of nitrogens with zero attached hydrogens (tertiary/aromatic N) is 2. The number of amides is 2. The number of piperidine rings is 1. The summed E-state index contributed by atoms with van der Waals surface area (Å²) in [7, 11) is 0. The van der Waals surface area contributed by atoms with E-state index in [4.69, 9.17) is 5.73 Å². The van der Waals surface area contributed by atoms with Crippen molar-refractivity contribution in [2.24, 2.45) is 5.73 Å². The van der Waals surface area contributed by atoms with Crippen LogP contribution in [0.15, 0.2) is 24.3 Å². The summed E-state index contributed by atoms with van der Waals surface area (Å²) in [6, 6.07) is 5.43. The molecule has 0 unspecified atom stereocenters. The molecular weight excluding hydrogens is 324 g/mol. The van der Waals surface area contributed by atoms with Gasteiger partial charge in [-0.15, -0.1) is 0 Å². The topological polar surface area (TPSA) is 119 Å². The molecule has 2 amide bonds. The maximum Gasteiger partial charge on any atom is 0.313 e. The second kappa shape index (κ2) is 6.44. The summed E-state index contributed by atoms with van der Waals surface area (Å²) in [5.41, 5.74) is 5.00. The van der Waals surface area contributed by atoms with Gasteiger partial charge in [0.25, 0.3) is 5.69 Å². The molecule has 3 N–H and O–H groups in total. The number of nitro benzene ring substituents is 1. The van der Waals surface area contributed by atoms with E-state index in [1.54, 1.807) is 4.90 Å². The lowest BCUT2D eigenvalue weighted by molar-refractivity contribution is -0.384. The van der Waals surface area contributed by atoms with Crippen molar-refractivity contribution in [1.29, 1.82) is 0 Å². The monoisotopic (exact) mass is 348 g/mol. The number of non-ortho nitro benzene ring substituents is 1. The largest absolute Gasteiger partial charge is 0.328 e. The second-order valence-corrected chi connectivity index (χ2v) is 7.70. The van der Waals surface area contributed by atoms with Gasteiger partial charge in [-0.1, -0.05) is 6.07 Å². The van der Waals surface area contributed by atoms with Gasteiger partial charge >= 0.3 is 11.8 Å². The lowest BCUT2D eigenvalue weighted by atomic mass is 9.77. The van der Waals surface area contributed by atoms with Gasteiger partial charge < -0.3 is 16.0 Å². The molecule has 0 aromatic heterocycles. The molecule has 0 spiro atoms. The summed E-state index contributed by atoms with van der Waals surface area (Å²) < 4.78 is 0. The summed E-state index contributed by atoms with van der Waals surface area (Å²) in [5, 5.41) is 13.3. The summed E-state index contributed by atoms with van der Waals surface area (Å²) in [6.45, 7) is 7.53. The third-order valence-electron chi connectivity index (χ3n) is 4.45. The first-order valence-corrected chi connectivity index (χ1v) is 8.10. The Labute approximate surface area is 146 Å². The third kappa shape index (κ3) is 3.96. The minimum absolute atomic E-state index is 0.0473. The molecule has 1 aromatic carbocycles. The predicted octanol–water partition coefficient (Wildman–Crippen LogP) is 2.04. The fourth-order valence-corrected chi connectivity index (χ4v) is 3.89. The number of carbonyl (C=O) groups is 2. The lowest BCUT2D eigenvalue weighted by Gasteiger charge is -2.54. The van der Waals surface area contributed by atoms with Gasteiger partial charge in [0.1, 0.15) is 0 Å². The van der Waals surface area contributed by atoms with Crippen LogP contribution < -0.4 is 11.1 Å². The van der Waals surface area contributed by atoms with Crippen molar-refractivity contribution in [3.8, 4) is 0 Å². The van der Waals surface area contributed by atoms with Gasteiger partial charge in [0.15, 0.2) is 0 Å². The molecule has 8 nitrogen and oxygen atoms in total. The molecule has 0 aliphatic carbocycles. The van der Waals surface area contributed by atoms with Gasteiger partial charge in [0, 0.05) is 34.9 Å². The quantitative estimate of drug-likeness (QED) is 0.481. The van der Waals surface area contributed by atoms with Crippen molar-refractivity contribution in [1.82, 2.24) is 4.90 Å². The fourth-order valence-electron chi connectivity index (χ4n) is 3.89. The normalized spacial score (nSPS) is 19.3. The number of nitrogens with two attached hydrogens (primary N) is 1. The highest BCUT2D eigenvalue weighted by atomic mass is 16.6. The van der Waals surface area contributed by atoms with Crippen LogP contribution in [0.2, 0.25) is 0 Å². The Morgan fingerprint density at radius 1 is 1.24 bits per heavy atom. The molecule has 1 aromatic rings. The highest BCUT2D eigenvalue weighted by Gasteiger charge is 2.48. The zero-order valence-electron chi connectivity index (χ0n) is 14.9. The zero-order chi connectivity index (χ0) is 19.0. The number of likely N-dealkylation sites (tertiary alicyclic amines) is 1. The van der Waals surface area contributed by atoms with Crippen LogP contribution in [0, 0.1) is 10.1 Å². The van der Waals surface area contributed by atoms with Crippen LogP contribution in [0.5, 0.6) is 0 Å². The molecule has 0 bridgehead atoms. The van der Waals surface area contributed by atoms with E-state index in [0.29, 0.717) is 12.8 Å².